The molecule has 2 saturated heterocycles. The van der Waals surface area contributed by atoms with Gasteiger partial charge in [0.15, 0.2) is 0 Å². The Labute approximate surface area is 201 Å². The van der Waals surface area contributed by atoms with Gasteiger partial charge in [-0.3, -0.25) is 9.80 Å². The molecule has 2 fully saturated rings. The van der Waals surface area contributed by atoms with Gasteiger partial charge >= 0.3 is 0 Å². The molecule has 0 saturated carbocycles. The van der Waals surface area contributed by atoms with Crippen LogP contribution in [0.1, 0.15) is 24.0 Å². The van der Waals surface area contributed by atoms with Crippen molar-refractivity contribution in [2.75, 3.05) is 44.3 Å². The summed E-state index contributed by atoms with van der Waals surface area (Å²) in [6.45, 7) is 7.60. The van der Waals surface area contributed by atoms with Crippen LogP contribution in [0.25, 0.3) is 10.8 Å². The Morgan fingerprint density at radius 1 is 1.00 bits per heavy atom. The number of likely N-dealkylation sites (tertiary alicyclic amines) is 1. The van der Waals surface area contributed by atoms with Gasteiger partial charge in [0.25, 0.3) is 0 Å². The van der Waals surface area contributed by atoms with Crippen LogP contribution in [0, 0.1) is 12.7 Å². The van der Waals surface area contributed by atoms with E-state index in [1.807, 2.05) is 12.1 Å². The van der Waals surface area contributed by atoms with Crippen LogP contribution in [0.4, 0.5) is 10.1 Å². The third-order valence-electron chi connectivity index (χ3n) is 7.69. The molecule has 6 heteroatoms. The Morgan fingerprint density at radius 2 is 1.71 bits per heavy atom. The van der Waals surface area contributed by atoms with E-state index in [0.717, 1.165) is 51.4 Å². The number of aliphatic hydroxyl groups excluding tert-OH is 1. The van der Waals surface area contributed by atoms with Gasteiger partial charge in [-0.05, 0) is 65.9 Å². The van der Waals surface area contributed by atoms with E-state index < -0.39 is 6.10 Å². The highest BCUT2D eigenvalue weighted by Gasteiger charge is 2.46. The summed E-state index contributed by atoms with van der Waals surface area (Å²) >= 11 is 0. The first-order chi connectivity index (χ1) is 16.5. The van der Waals surface area contributed by atoms with E-state index >= 15 is 0 Å². The highest BCUT2D eigenvalue weighted by molar-refractivity contribution is 5.88. The zero-order valence-electron chi connectivity index (χ0n) is 20.0. The van der Waals surface area contributed by atoms with E-state index in [1.165, 1.54) is 21.9 Å². The number of aliphatic hydroxyl groups is 1. The molecule has 0 amide bonds. The SMILES string of the molecule is Cc1cccc2cccc(CN3CCC4(CC3)CN(C[C@H](O)CN)CN4c3ccc(F)cc3)c12. The number of halogens is 1. The second-order valence-electron chi connectivity index (χ2n) is 10.0. The maximum Gasteiger partial charge on any atom is 0.123 e. The van der Waals surface area contributed by atoms with Crippen LogP contribution in [0.3, 0.4) is 0 Å². The topological polar surface area (TPSA) is 56.0 Å². The van der Waals surface area contributed by atoms with Gasteiger partial charge in [-0.15, -0.1) is 0 Å². The van der Waals surface area contributed by atoms with Gasteiger partial charge in [-0.2, -0.15) is 0 Å². The molecule has 5 nitrogen and oxygen atoms in total. The molecule has 0 aliphatic carbocycles. The Morgan fingerprint density at radius 3 is 2.41 bits per heavy atom. The van der Waals surface area contributed by atoms with E-state index in [0.29, 0.717) is 6.54 Å². The third kappa shape index (κ3) is 4.56. The summed E-state index contributed by atoms with van der Waals surface area (Å²) in [4.78, 5) is 7.28. The van der Waals surface area contributed by atoms with Gasteiger partial charge in [-0.25, -0.2) is 4.39 Å². The molecule has 180 valence electrons. The Balaban J connectivity index is 1.34. The highest BCUT2D eigenvalue weighted by atomic mass is 19.1. The fourth-order valence-electron chi connectivity index (χ4n) is 5.92. The first kappa shape index (κ1) is 23.2. The Hall–Kier alpha value is -2.51. The third-order valence-corrected chi connectivity index (χ3v) is 7.69. The highest BCUT2D eigenvalue weighted by Crippen LogP contribution is 2.39. The number of rotatable bonds is 6. The summed E-state index contributed by atoms with van der Waals surface area (Å²) in [5.74, 6) is -0.215. The van der Waals surface area contributed by atoms with Crippen molar-refractivity contribution in [3.63, 3.8) is 0 Å². The summed E-state index contributed by atoms with van der Waals surface area (Å²) in [5.41, 5.74) is 9.43. The quantitative estimate of drug-likeness (QED) is 0.585. The predicted octanol–water partition coefficient (Wildman–Crippen LogP) is 3.72. The lowest BCUT2D eigenvalue weighted by atomic mass is 9.86. The van der Waals surface area contributed by atoms with E-state index in [-0.39, 0.29) is 17.9 Å². The fraction of sp³-hybridized carbons (Fsp3) is 0.429. The van der Waals surface area contributed by atoms with E-state index in [2.05, 4.69) is 58.0 Å². The molecule has 3 aromatic rings. The maximum atomic E-state index is 13.6. The van der Waals surface area contributed by atoms with Crippen molar-refractivity contribution in [1.29, 1.82) is 0 Å². The minimum absolute atomic E-state index is 0.0165. The monoisotopic (exact) mass is 462 g/mol. The van der Waals surface area contributed by atoms with Crippen molar-refractivity contribution >= 4 is 16.5 Å². The molecule has 34 heavy (non-hydrogen) atoms. The van der Waals surface area contributed by atoms with Crippen molar-refractivity contribution in [2.45, 2.75) is 38.0 Å². The molecule has 0 unspecified atom stereocenters. The average Bonchev–Trinajstić information content (AvgIpc) is 3.18. The lowest BCUT2D eigenvalue weighted by molar-refractivity contribution is 0.117. The van der Waals surface area contributed by atoms with Crippen molar-refractivity contribution in [2.24, 2.45) is 5.73 Å². The second kappa shape index (κ2) is 9.62. The van der Waals surface area contributed by atoms with Crippen molar-refractivity contribution < 1.29 is 9.50 Å². The molecule has 1 atom stereocenters. The molecule has 2 aliphatic rings. The van der Waals surface area contributed by atoms with Crippen LogP contribution in [0.2, 0.25) is 0 Å². The smallest absolute Gasteiger partial charge is 0.123 e. The standard InChI is InChI=1S/C28H35FN4O/c1-21-4-2-5-22-6-3-7-23(27(21)22)17-31-14-12-28(13-15-31)19-32(18-26(34)16-30)20-33(28)25-10-8-24(29)9-11-25/h2-11,26,34H,12-20,30H2,1H3/t26-/m1/s1. The minimum atomic E-state index is -0.528. The number of aryl methyl sites for hydroxylation is 1. The summed E-state index contributed by atoms with van der Waals surface area (Å²) < 4.78 is 13.6. The molecular formula is C28H35FN4O. The average molecular weight is 463 g/mol. The van der Waals surface area contributed by atoms with E-state index in [4.69, 9.17) is 5.73 Å². The number of fused-ring (bicyclic) bond motifs is 1. The summed E-state index contributed by atoms with van der Waals surface area (Å²) in [6.07, 6.45) is 1.53. The Kier molecular flexibility index (Phi) is 6.58. The molecule has 5 rings (SSSR count). The van der Waals surface area contributed by atoms with Crippen LogP contribution in [0.5, 0.6) is 0 Å². The fourth-order valence-corrected chi connectivity index (χ4v) is 5.92. The minimum Gasteiger partial charge on any atom is -0.390 e. The lowest BCUT2D eigenvalue weighted by Gasteiger charge is -2.45. The van der Waals surface area contributed by atoms with Crippen LogP contribution in [-0.2, 0) is 6.54 Å². The van der Waals surface area contributed by atoms with Gasteiger partial charge < -0.3 is 15.7 Å². The zero-order valence-corrected chi connectivity index (χ0v) is 20.0. The number of piperidine rings is 1. The lowest BCUT2D eigenvalue weighted by Crippen LogP contribution is -2.54. The zero-order chi connectivity index (χ0) is 23.7. The van der Waals surface area contributed by atoms with Gasteiger partial charge in [0, 0.05) is 45.0 Å². The molecule has 0 radical (unpaired) electrons. The normalized spacial score (nSPS) is 19.8. The van der Waals surface area contributed by atoms with Gasteiger partial charge in [0.2, 0.25) is 0 Å². The molecule has 2 heterocycles. The molecule has 3 N–H and O–H groups in total. The van der Waals surface area contributed by atoms with Crippen LogP contribution < -0.4 is 10.6 Å². The second-order valence-corrected chi connectivity index (χ2v) is 10.0. The van der Waals surface area contributed by atoms with Crippen molar-refractivity contribution in [1.82, 2.24) is 9.80 Å². The molecule has 0 aromatic heterocycles. The van der Waals surface area contributed by atoms with E-state index in [1.54, 1.807) is 12.1 Å². The first-order valence-corrected chi connectivity index (χ1v) is 12.3. The van der Waals surface area contributed by atoms with E-state index in [9.17, 15) is 9.50 Å². The van der Waals surface area contributed by atoms with Gasteiger partial charge in [-0.1, -0.05) is 36.4 Å². The van der Waals surface area contributed by atoms with Crippen molar-refractivity contribution in [3.05, 3.63) is 77.6 Å². The molecule has 3 aromatic carbocycles. The largest absolute Gasteiger partial charge is 0.390 e. The van der Waals surface area contributed by atoms with Gasteiger partial charge in [0.1, 0.15) is 5.82 Å². The number of nitrogens with two attached hydrogens (primary N) is 1. The number of benzene rings is 3. The first-order valence-electron chi connectivity index (χ1n) is 12.3. The van der Waals surface area contributed by atoms with Crippen molar-refractivity contribution in [3.8, 4) is 0 Å². The van der Waals surface area contributed by atoms with Crippen LogP contribution in [0.15, 0.2) is 60.7 Å². The summed E-state index contributed by atoms with van der Waals surface area (Å²) in [7, 11) is 0. The number of nitrogens with zero attached hydrogens (tertiary/aromatic N) is 3. The Bertz CT molecular complexity index is 1120. The number of anilines is 1. The molecule has 0 bridgehead atoms. The number of β-amino-alcohol motifs (C(OH)–C–C–N with tert-alkyl or cyclic N) is 1. The molecular weight excluding hydrogens is 427 g/mol. The van der Waals surface area contributed by atoms with Crippen LogP contribution >= 0.6 is 0 Å². The van der Waals surface area contributed by atoms with Gasteiger partial charge in [0.05, 0.1) is 18.3 Å². The van der Waals surface area contributed by atoms with Crippen LogP contribution in [-0.4, -0.2) is 65.9 Å². The summed E-state index contributed by atoms with van der Waals surface area (Å²) in [6, 6.07) is 20.0. The maximum absolute atomic E-state index is 13.6. The molecule has 2 aliphatic heterocycles. The summed E-state index contributed by atoms with van der Waals surface area (Å²) in [5, 5.41) is 12.9. The number of hydrogen-bond acceptors (Lipinski definition) is 5. The predicted molar refractivity (Wildman–Crippen MR) is 136 cm³/mol. The number of hydrogen-bond donors (Lipinski definition) is 2. The molecule has 1 spiro atoms.